The molecule has 2 N–H and O–H groups in total. The quantitative estimate of drug-likeness (QED) is 0.485. The summed E-state index contributed by atoms with van der Waals surface area (Å²) < 4.78 is 1.85. The number of hydrogen-bond acceptors (Lipinski definition) is 6. The van der Waals surface area contributed by atoms with E-state index in [0.29, 0.717) is 23.1 Å². The van der Waals surface area contributed by atoms with Gasteiger partial charge in [0.15, 0.2) is 16.8 Å². The minimum atomic E-state index is -0.387. The summed E-state index contributed by atoms with van der Waals surface area (Å²) in [6, 6.07) is 13.0. The van der Waals surface area contributed by atoms with E-state index in [4.69, 9.17) is 5.73 Å². The number of thiophene rings is 1. The van der Waals surface area contributed by atoms with Crippen molar-refractivity contribution in [2.45, 2.75) is 18.1 Å². The molecule has 1 aromatic carbocycles. The van der Waals surface area contributed by atoms with Crippen LogP contribution in [0.2, 0.25) is 0 Å². The Balaban J connectivity index is 1.78. The maximum atomic E-state index is 12.3. The highest BCUT2D eigenvalue weighted by Crippen LogP contribution is 2.27. The Morgan fingerprint density at radius 3 is 2.60 bits per heavy atom. The largest absolute Gasteiger partial charge is 0.370 e. The molecule has 1 amide bonds. The Morgan fingerprint density at radius 1 is 1.12 bits per heavy atom. The molecule has 0 aliphatic heterocycles. The SMILES string of the molecule is NC(=O)CCn1c(SCC(=O)c2ccccc2)nnc1-c1cccs1. The third-order valence-electron chi connectivity index (χ3n) is 3.47. The maximum Gasteiger partial charge on any atom is 0.219 e. The number of ketones is 1. The van der Waals surface area contributed by atoms with E-state index in [9.17, 15) is 9.59 Å². The number of amides is 1. The lowest BCUT2D eigenvalue weighted by atomic mass is 10.2. The van der Waals surface area contributed by atoms with Gasteiger partial charge in [-0.1, -0.05) is 48.2 Å². The van der Waals surface area contributed by atoms with Gasteiger partial charge in [-0.05, 0) is 11.4 Å². The molecule has 128 valence electrons. The Bertz CT molecular complexity index is 860. The molecule has 0 atom stereocenters. The van der Waals surface area contributed by atoms with Crippen LogP contribution in [0.25, 0.3) is 10.7 Å². The summed E-state index contributed by atoms with van der Waals surface area (Å²) in [7, 11) is 0. The van der Waals surface area contributed by atoms with Gasteiger partial charge in [0.05, 0.1) is 10.6 Å². The monoisotopic (exact) mass is 372 g/mol. The van der Waals surface area contributed by atoms with Crippen LogP contribution in [0.1, 0.15) is 16.8 Å². The Hall–Kier alpha value is -2.45. The van der Waals surface area contributed by atoms with Crippen LogP contribution >= 0.6 is 23.1 Å². The molecule has 0 saturated carbocycles. The van der Waals surface area contributed by atoms with E-state index in [1.54, 1.807) is 23.5 Å². The number of primary amides is 1. The molecule has 0 bridgehead atoms. The molecule has 8 heteroatoms. The van der Waals surface area contributed by atoms with Gasteiger partial charge in [0, 0.05) is 18.5 Å². The molecule has 0 fully saturated rings. The summed E-state index contributed by atoms with van der Waals surface area (Å²) in [6.07, 6.45) is 0.191. The predicted octanol–water partition coefficient (Wildman–Crippen LogP) is 2.86. The number of hydrogen-bond donors (Lipinski definition) is 1. The summed E-state index contributed by atoms with van der Waals surface area (Å²) >= 11 is 2.86. The topological polar surface area (TPSA) is 90.9 Å². The first-order valence-corrected chi connectivity index (χ1v) is 9.48. The summed E-state index contributed by atoms with van der Waals surface area (Å²) in [4.78, 5) is 24.4. The van der Waals surface area contributed by atoms with Crippen LogP contribution in [-0.4, -0.2) is 32.2 Å². The summed E-state index contributed by atoms with van der Waals surface area (Å²) in [5.74, 6) is 0.573. The van der Waals surface area contributed by atoms with Crippen molar-refractivity contribution in [3.63, 3.8) is 0 Å². The lowest BCUT2D eigenvalue weighted by Crippen LogP contribution is -2.15. The van der Waals surface area contributed by atoms with Gasteiger partial charge in [-0.3, -0.25) is 9.59 Å². The van der Waals surface area contributed by atoms with Gasteiger partial charge < -0.3 is 10.3 Å². The van der Waals surface area contributed by atoms with Gasteiger partial charge in [-0.15, -0.1) is 21.5 Å². The number of thioether (sulfide) groups is 1. The fraction of sp³-hybridized carbons (Fsp3) is 0.176. The fourth-order valence-electron chi connectivity index (χ4n) is 2.24. The van der Waals surface area contributed by atoms with Gasteiger partial charge in [0.1, 0.15) is 0 Å². The third-order valence-corrected chi connectivity index (χ3v) is 5.30. The summed E-state index contributed by atoms with van der Waals surface area (Å²) in [5.41, 5.74) is 5.94. The van der Waals surface area contributed by atoms with Crippen molar-refractivity contribution in [1.29, 1.82) is 0 Å². The predicted molar refractivity (Wildman–Crippen MR) is 98.6 cm³/mol. The second-order valence-electron chi connectivity index (χ2n) is 5.23. The number of Topliss-reactive ketones (excluding diaryl/α,β-unsaturated/α-hetero) is 1. The van der Waals surface area contributed by atoms with E-state index in [-0.39, 0.29) is 23.9 Å². The lowest BCUT2D eigenvalue weighted by molar-refractivity contribution is -0.118. The van der Waals surface area contributed by atoms with Gasteiger partial charge in [0.25, 0.3) is 0 Å². The van der Waals surface area contributed by atoms with Crippen LogP contribution in [0.15, 0.2) is 53.0 Å². The zero-order chi connectivity index (χ0) is 17.6. The molecular weight excluding hydrogens is 356 g/mol. The van der Waals surface area contributed by atoms with Gasteiger partial charge in [0.2, 0.25) is 5.91 Å². The molecule has 0 radical (unpaired) electrons. The minimum absolute atomic E-state index is 0.0210. The van der Waals surface area contributed by atoms with Crippen LogP contribution in [0.4, 0.5) is 0 Å². The van der Waals surface area contributed by atoms with Crippen molar-refractivity contribution >= 4 is 34.8 Å². The number of aromatic nitrogens is 3. The first-order chi connectivity index (χ1) is 12.1. The Kier molecular flexibility index (Phi) is 5.62. The van der Waals surface area contributed by atoms with Gasteiger partial charge in [-0.2, -0.15) is 0 Å². The van der Waals surface area contributed by atoms with Gasteiger partial charge in [-0.25, -0.2) is 0 Å². The Morgan fingerprint density at radius 2 is 1.92 bits per heavy atom. The standard InChI is InChI=1S/C17H16N4O2S2/c18-15(23)8-9-21-16(14-7-4-10-24-14)19-20-17(21)25-11-13(22)12-5-2-1-3-6-12/h1-7,10H,8-9,11H2,(H2,18,23). The second kappa shape index (κ2) is 8.09. The van der Waals surface area contributed by atoms with Crippen LogP contribution in [-0.2, 0) is 11.3 Å². The Labute approximate surface area is 153 Å². The van der Waals surface area contributed by atoms with Gasteiger partial charge >= 0.3 is 0 Å². The fourth-order valence-corrected chi connectivity index (χ4v) is 3.82. The highest BCUT2D eigenvalue weighted by molar-refractivity contribution is 7.99. The van der Waals surface area contributed by atoms with E-state index in [1.165, 1.54) is 11.8 Å². The lowest BCUT2D eigenvalue weighted by Gasteiger charge is -2.08. The zero-order valence-electron chi connectivity index (χ0n) is 13.3. The first kappa shape index (κ1) is 17.4. The number of nitrogens with two attached hydrogens (primary N) is 1. The van der Waals surface area contributed by atoms with Crippen molar-refractivity contribution in [3.8, 4) is 10.7 Å². The van der Waals surface area contributed by atoms with E-state index >= 15 is 0 Å². The molecule has 0 spiro atoms. The highest BCUT2D eigenvalue weighted by Gasteiger charge is 2.17. The molecule has 0 aliphatic rings. The van der Waals surface area contributed by atoms with Crippen molar-refractivity contribution in [1.82, 2.24) is 14.8 Å². The molecule has 3 rings (SSSR count). The molecule has 0 unspecified atom stereocenters. The molecule has 0 aliphatic carbocycles. The number of rotatable bonds is 8. The van der Waals surface area contributed by atoms with Crippen molar-refractivity contribution in [2.24, 2.45) is 5.73 Å². The molecule has 25 heavy (non-hydrogen) atoms. The van der Waals surface area contributed by atoms with E-state index in [0.717, 1.165) is 4.88 Å². The minimum Gasteiger partial charge on any atom is -0.370 e. The average molecular weight is 372 g/mol. The number of carbonyl (C=O) groups is 2. The van der Waals surface area contributed by atoms with Crippen LogP contribution in [0.5, 0.6) is 0 Å². The van der Waals surface area contributed by atoms with E-state index < -0.39 is 0 Å². The molecule has 2 heterocycles. The molecule has 3 aromatic rings. The van der Waals surface area contributed by atoms with Crippen molar-refractivity contribution in [2.75, 3.05) is 5.75 Å². The smallest absolute Gasteiger partial charge is 0.219 e. The van der Waals surface area contributed by atoms with Crippen LogP contribution in [0.3, 0.4) is 0 Å². The number of benzene rings is 1. The normalized spacial score (nSPS) is 10.7. The summed E-state index contributed by atoms with van der Waals surface area (Å²) in [6.45, 7) is 0.386. The molecule has 0 saturated heterocycles. The van der Waals surface area contributed by atoms with Crippen molar-refractivity contribution in [3.05, 3.63) is 53.4 Å². The first-order valence-electron chi connectivity index (χ1n) is 7.61. The zero-order valence-corrected chi connectivity index (χ0v) is 14.9. The average Bonchev–Trinajstić information content (AvgIpc) is 3.27. The van der Waals surface area contributed by atoms with E-state index in [2.05, 4.69) is 10.2 Å². The number of nitrogens with zero attached hydrogens (tertiary/aromatic N) is 3. The van der Waals surface area contributed by atoms with E-state index in [1.807, 2.05) is 40.3 Å². The molecular formula is C17H16N4O2S2. The third kappa shape index (κ3) is 4.34. The molecule has 2 aromatic heterocycles. The molecule has 6 nitrogen and oxygen atoms in total. The van der Waals surface area contributed by atoms with Crippen LogP contribution < -0.4 is 5.73 Å². The maximum absolute atomic E-state index is 12.3. The second-order valence-corrected chi connectivity index (χ2v) is 7.12. The van der Waals surface area contributed by atoms with Crippen LogP contribution in [0, 0.1) is 0 Å². The summed E-state index contributed by atoms with van der Waals surface area (Å²) in [5, 5.41) is 11.0. The highest BCUT2D eigenvalue weighted by atomic mass is 32.2. The van der Waals surface area contributed by atoms with Crippen molar-refractivity contribution < 1.29 is 9.59 Å². The number of carbonyl (C=O) groups excluding carboxylic acids is 2.